The van der Waals surface area contributed by atoms with Gasteiger partial charge in [-0.1, -0.05) is 40.8 Å². The van der Waals surface area contributed by atoms with Gasteiger partial charge in [-0.25, -0.2) is 0 Å². The predicted molar refractivity (Wildman–Crippen MR) is 110 cm³/mol. The molecular weight excluding hydrogens is 420 g/mol. The highest BCUT2D eigenvalue weighted by atomic mass is 35.5. The van der Waals surface area contributed by atoms with Gasteiger partial charge in [0.25, 0.3) is 5.91 Å². The molecule has 0 saturated carbocycles. The second-order valence-corrected chi connectivity index (χ2v) is 8.51. The number of halogens is 1. The highest BCUT2D eigenvalue weighted by Crippen LogP contribution is 2.23. The highest BCUT2D eigenvalue weighted by Gasteiger charge is 2.15. The minimum absolute atomic E-state index is 0.0484. The molecule has 28 heavy (non-hydrogen) atoms. The molecule has 3 aromatic rings. The number of hydrogen-bond acceptors (Lipinski definition) is 7. The Morgan fingerprint density at radius 3 is 2.89 bits per heavy atom. The van der Waals surface area contributed by atoms with Crippen LogP contribution in [0, 0.1) is 0 Å². The molecular formula is C18H17ClN4O3S2. The van der Waals surface area contributed by atoms with Crippen LogP contribution in [-0.4, -0.2) is 33.8 Å². The van der Waals surface area contributed by atoms with Gasteiger partial charge in [-0.05, 0) is 37.3 Å². The van der Waals surface area contributed by atoms with Crippen molar-refractivity contribution < 1.29 is 14.0 Å². The lowest BCUT2D eigenvalue weighted by atomic mass is 10.2. The monoisotopic (exact) mass is 436 g/mol. The van der Waals surface area contributed by atoms with Gasteiger partial charge < -0.3 is 15.1 Å². The molecule has 0 spiro atoms. The van der Waals surface area contributed by atoms with Crippen molar-refractivity contribution in [3.63, 3.8) is 0 Å². The molecule has 7 nitrogen and oxygen atoms in total. The van der Waals surface area contributed by atoms with E-state index in [0.29, 0.717) is 21.5 Å². The molecule has 1 atom stereocenters. The summed E-state index contributed by atoms with van der Waals surface area (Å²) >= 11 is 8.27. The van der Waals surface area contributed by atoms with Crippen LogP contribution in [0.15, 0.2) is 51.4 Å². The summed E-state index contributed by atoms with van der Waals surface area (Å²) in [7, 11) is 0. The summed E-state index contributed by atoms with van der Waals surface area (Å²) in [6, 6.07) is 10.5. The molecule has 0 aliphatic rings. The van der Waals surface area contributed by atoms with Crippen molar-refractivity contribution in [1.82, 2.24) is 15.5 Å². The van der Waals surface area contributed by atoms with E-state index in [4.69, 9.17) is 16.0 Å². The van der Waals surface area contributed by atoms with Gasteiger partial charge in [0.1, 0.15) is 5.76 Å². The van der Waals surface area contributed by atoms with E-state index < -0.39 is 0 Å². The second-order valence-electron chi connectivity index (χ2n) is 5.88. The molecule has 0 aliphatic heterocycles. The average molecular weight is 437 g/mol. The zero-order valence-corrected chi connectivity index (χ0v) is 17.2. The van der Waals surface area contributed by atoms with Crippen molar-refractivity contribution in [2.45, 2.75) is 23.7 Å². The minimum atomic E-state index is -0.372. The topological polar surface area (TPSA) is 97.1 Å². The van der Waals surface area contributed by atoms with Crippen molar-refractivity contribution >= 4 is 52.2 Å². The molecule has 0 unspecified atom stereocenters. The Morgan fingerprint density at radius 1 is 1.29 bits per heavy atom. The van der Waals surface area contributed by atoms with Crippen LogP contribution in [0.25, 0.3) is 0 Å². The van der Waals surface area contributed by atoms with Gasteiger partial charge in [-0.3, -0.25) is 9.59 Å². The summed E-state index contributed by atoms with van der Waals surface area (Å²) in [5.74, 6) is 0.514. The molecule has 0 bridgehead atoms. The van der Waals surface area contributed by atoms with Gasteiger partial charge in [0.15, 0.2) is 4.34 Å². The SMILES string of the molecule is C[C@H](Cc1ccco1)NC(=O)CSc1nnc(C(=O)Nc2cccc(Cl)c2)s1. The second kappa shape index (κ2) is 9.72. The quantitative estimate of drug-likeness (QED) is 0.520. The van der Waals surface area contributed by atoms with Crippen LogP contribution in [0.5, 0.6) is 0 Å². The molecule has 3 rings (SSSR count). The van der Waals surface area contributed by atoms with Gasteiger partial charge in [-0.2, -0.15) is 0 Å². The number of carbonyl (C=O) groups excluding carboxylic acids is 2. The third-order valence-corrected chi connectivity index (χ3v) is 5.80. The molecule has 2 aromatic heterocycles. The van der Waals surface area contributed by atoms with Gasteiger partial charge in [0.05, 0.1) is 12.0 Å². The van der Waals surface area contributed by atoms with Crippen LogP contribution in [0.2, 0.25) is 5.02 Å². The summed E-state index contributed by atoms with van der Waals surface area (Å²) in [6.45, 7) is 1.91. The molecule has 2 heterocycles. The Kier molecular flexibility index (Phi) is 7.07. The van der Waals surface area contributed by atoms with E-state index in [1.54, 1.807) is 30.5 Å². The van der Waals surface area contributed by atoms with Crippen LogP contribution in [-0.2, 0) is 11.2 Å². The zero-order valence-electron chi connectivity index (χ0n) is 14.8. The summed E-state index contributed by atoms with van der Waals surface area (Å²) in [6.07, 6.45) is 2.23. The number of anilines is 1. The molecule has 1 aromatic carbocycles. The Balaban J connectivity index is 1.46. The Labute approximate surface area is 174 Å². The van der Waals surface area contributed by atoms with Crippen LogP contribution < -0.4 is 10.6 Å². The van der Waals surface area contributed by atoms with Crippen molar-refractivity contribution in [3.05, 3.63) is 58.5 Å². The first-order valence-electron chi connectivity index (χ1n) is 8.34. The smallest absolute Gasteiger partial charge is 0.286 e. The van der Waals surface area contributed by atoms with Crippen molar-refractivity contribution in [2.24, 2.45) is 0 Å². The Hall–Kier alpha value is -2.36. The number of amides is 2. The third-order valence-electron chi connectivity index (χ3n) is 3.50. The molecule has 0 fully saturated rings. The maximum atomic E-state index is 12.2. The average Bonchev–Trinajstić information content (AvgIpc) is 3.31. The van der Waals surface area contributed by atoms with E-state index in [-0.39, 0.29) is 28.6 Å². The Morgan fingerprint density at radius 2 is 2.14 bits per heavy atom. The van der Waals surface area contributed by atoms with Crippen LogP contribution in [0.3, 0.4) is 0 Å². The van der Waals surface area contributed by atoms with Crippen molar-refractivity contribution in [2.75, 3.05) is 11.1 Å². The number of nitrogens with one attached hydrogen (secondary N) is 2. The number of hydrogen-bond donors (Lipinski definition) is 2. The normalized spacial score (nSPS) is 11.8. The number of furan rings is 1. The van der Waals surface area contributed by atoms with Gasteiger partial charge in [-0.15, -0.1) is 10.2 Å². The van der Waals surface area contributed by atoms with Crippen molar-refractivity contribution in [1.29, 1.82) is 0 Å². The third kappa shape index (κ3) is 6.08. The van der Waals surface area contributed by atoms with E-state index in [9.17, 15) is 9.59 Å². The molecule has 0 aliphatic carbocycles. The highest BCUT2D eigenvalue weighted by molar-refractivity contribution is 8.01. The molecule has 146 valence electrons. The lowest BCUT2D eigenvalue weighted by molar-refractivity contribution is -0.119. The van der Waals surface area contributed by atoms with E-state index in [2.05, 4.69) is 20.8 Å². The number of aromatic nitrogens is 2. The number of nitrogens with zero attached hydrogens (tertiary/aromatic N) is 2. The van der Waals surface area contributed by atoms with E-state index in [1.165, 1.54) is 11.8 Å². The van der Waals surface area contributed by atoms with E-state index in [0.717, 1.165) is 17.1 Å². The summed E-state index contributed by atoms with van der Waals surface area (Å²) in [5, 5.41) is 14.2. The molecule has 10 heteroatoms. The number of rotatable bonds is 8. The fourth-order valence-corrected chi connectivity index (χ4v) is 4.08. The number of carbonyl (C=O) groups is 2. The van der Waals surface area contributed by atoms with Gasteiger partial charge in [0, 0.05) is 23.2 Å². The van der Waals surface area contributed by atoms with Crippen LogP contribution in [0.1, 0.15) is 22.5 Å². The van der Waals surface area contributed by atoms with Crippen molar-refractivity contribution in [3.8, 4) is 0 Å². The zero-order chi connectivity index (χ0) is 19.9. The largest absolute Gasteiger partial charge is 0.469 e. The van der Waals surface area contributed by atoms with Crippen LogP contribution >= 0.6 is 34.7 Å². The fourth-order valence-electron chi connectivity index (χ4n) is 2.34. The fraction of sp³-hybridized carbons (Fsp3) is 0.222. The first-order valence-corrected chi connectivity index (χ1v) is 10.5. The van der Waals surface area contributed by atoms with E-state index in [1.807, 2.05) is 19.1 Å². The van der Waals surface area contributed by atoms with E-state index >= 15 is 0 Å². The molecule has 0 saturated heterocycles. The first-order chi connectivity index (χ1) is 13.5. The summed E-state index contributed by atoms with van der Waals surface area (Å²) in [5.41, 5.74) is 0.576. The minimum Gasteiger partial charge on any atom is -0.469 e. The Bertz CT molecular complexity index is 946. The first kappa shape index (κ1) is 20.4. The molecule has 0 radical (unpaired) electrons. The molecule has 2 N–H and O–H groups in total. The lowest BCUT2D eigenvalue weighted by Gasteiger charge is -2.11. The number of benzene rings is 1. The lowest BCUT2D eigenvalue weighted by Crippen LogP contribution is -2.35. The maximum absolute atomic E-state index is 12.2. The van der Waals surface area contributed by atoms with Gasteiger partial charge >= 0.3 is 0 Å². The summed E-state index contributed by atoms with van der Waals surface area (Å²) < 4.78 is 5.82. The van der Waals surface area contributed by atoms with Crippen LogP contribution in [0.4, 0.5) is 5.69 Å². The van der Waals surface area contributed by atoms with Gasteiger partial charge in [0.2, 0.25) is 10.9 Å². The maximum Gasteiger partial charge on any atom is 0.286 e. The predicted octanol–water partition coefficient (Wildman–Crippen LogP) is 3.88. The standard InChI is InChI=1S/C18H17ClN4O3S2/c1-11(8-14-6-3-7-26-14)20-15(24)10-27-18-23-22-17(28-18)16(25)21-13-5-2-4-12(19)9-13/h2-7,9,11H,8,10H2,1H3,(H,20,24)(H,21,25)/t11-/m1/s1. The molecule has 2 amide bonds. The summed E-state index contributed by atoms with van der Waals surface area (Å²) in [4.78, 5) is 24.3. The number of thioether (sulfide) groups is 1.